The van der Waals surface area contributed by atoms with Crippen LogP contribution in [0, 0.1) is 5.92 Å². The minimum atomic E-state index is -0.141. The van der Waals surface area contributed by atoms with E-state index in [2.05, 4.69) is 13.8 Å². The SMILES string of the molecule is CC(C)CN(C)CC(=O)OC(C)C. The number of esters is 1. The van der Waals surface area contributed by atoms with Crippen molar-refractivity contribution in [1.82, 2.24) is 4.90 Å². The van der Waals surface area contributed by atoms with E-state index in [0.717, 1.165) is 6.54 Å². The van der Waals surface area contributed by atoms with Gasteiger partial charge in [-0.15, -0.1) is 0 Å². The Labute approximate surface area is 81.1 Å². The minimum Gasteiger partial charge on any atom is -0.462 e. The maximum atomic E-state index is 11.2. The van der Waals surface area contributed by atoms with Crippen LogP contribution in [-0.2, 0) is 9.53 Å². The molecule has 0 saturated heterocycles. The minimum absolute atomic E-state index is 0.0139. The van der Waals surface area contributed by atoms with Gasteiger partial charge in [-0.3, -0.25) is 9.69 Å². The number of carbonyl (C=O) groups excluding carboxylic acids is 1. The Hall–Kier alpha value is -0.570. The molecular formula is C10H21NO2. The van der Waals surface area contributed by atoms with Crippen LogP contribution in [-0.4, -0.2) is 37.1 Å². The lowest BCUT2D eigenvalue weighted by molar-refractivity contribution is -0.148. The standard InChI is InChI=1S/C10H21NO2/c1-8(2)6-11(5)7-10(12)13-9(3)4/h8-9H,6-7H2,1-5H3. The molecule has 0 aliphatic carbocycles. The van der Waals surface area contributed by atoms with Gasteiger partial charge in [0, 0.05) is 6.54 Å². The third-order valence-electron chi connectivity index (χ3n) is 1.44. The molecule has 13 heavy (non-hydrogen) atoms. The Morgan fingerprint density at radius 2 is 1.85 bits per heavy atom. The largest absolute Gasteiger partial charge is 0.462 e. The van der Waals surface area contributed by atoms with Gasteiger partial charge in [-0.1, -0.05) is 13.8 Å². The van der Waals surface area contributed by atoms with Crippen molar-refractivity contribution in [1.29, 1.82) is 0 Å². The summed E-state index contributed by atoms with van der Waals surface area (Å²) in [7, 11) is 1.93. The highest BCUT2D eigenvalue weighted by Crippen LogP contribution is 1.97. The summed E-state index contributed by atoms with van der Waals surface area (Å²) < 4.78 is 5.02. The molecule has 0 saturated carbocycles. The lowest BCUT2D eigenvalue weighted by Crippen LogP contribution is -2.31. The van der Waals surface area contributed by atoms with Gasteiger partial charge in [-0.05, 0) is 26.8 Å². The van der Waals surface area contributed by atoms with Crippen LogP contribution in [0.3, 0.4) is 0 Å². The Bertz CT molecular complexity index is 155. The first-order valence-electron chi connectivity index (χ1n) is 4.79. The van der Waals surface area contributed by atoms with Crippen molar-refractivity contribution in [2.45, 2.75) is 33.8 Å². The van der Waals surface area contributed by atoms with Crippen molar-refractivity contribution in [3.05, 3.63) is 0 Å². The van der Waals surface area contributed by atoms with Crippen molar-refractivity contribution < 1.29 is 9.53 Å². The monoisotopic (exact) mass is 187 g/mol. The highest BCUT2D eigenvalue weighted by Gasteiger charge is 2.09. The van der Waals surface area contributed by atoms with Gasteiger partial charge in [-0.25, -0.2) is 0 Å². The summed E-state index contributed by atoms with van der Waals surface area (Å²) in [5, 5.41) is 0. The van der Waals surface area contributed by atoms with Crippen LogP contribution < -0.4 is 0 Å². The average molecular weight is 187 g/mol. The first-order valence-corrected chi connectivity index (χ1v) is 4.79. The molecule has 0 aromatic heterocycles. The molecule has 0 N–H and O–H groups in total. The third-order valence-corrected chi connectivity index (χ3v) is 1.44. The molecule has 0 bridgehead atoms. The number of hydrogen-bond acceptors (Lipinski definition) is 3. The molecule has 0 amide bonds. The summed E-state index contributed by atoms with van der Waals surface area (Å²) in [4.78, 5) is 13.2. The van der Waals surface area contributed by atoms with E-state index >= 15 is 0 Å². The summed E-state index contributed by atoms with van der Waals surface area (Å²) in [6.07, 6.45) is -0.0139. The highest BCUT2D eigenvalue weighted by molar-refractivity contribution is 5.71. The fourth-order valence-electron chi connectivity index (χ4n) is 1.21. The summed E-state index contributed by atoms with van der Waals surface area (Å²) in [6.45, 7) is 9.29. The fraction of sp³-hybridized carbons (Fsp3) is 0.900. The van der Waals surface area contributed by atoms with E-state index in [4.69, 9.17) is 4.74 Å². The smallest absolute Gasteiger partial charge is 0.320 e. The first-order chi connectivity index (χ1) is 5.91. The van der Waals surface area contributed by atoms with Gasteiger partial charge in [0.2, 0.25) is 0 Å². The van der Waals surface area contributed by atoms with Crippen LogP contribution in [0.25, 0.3) is 0 Å². The molecule has 0 fully saturated rings. The molecule has 0 radical (unpaired) electrons. The Morgan fingerprint density at radius 3 is 2.23 bits per heavy atom. The van der Waals surface area contributed by atoms with E-state index in [1.165, 1.54) is 0 Å². The van der Waals surface area contributed by atoms with Crippen molar-refractivity contribution in [2.75, 3.05) is 20.1 Å². The van der Waals surface area contributed by atoms with Gasteiger partial charge < -0.3 is 4.74 Å². The number of carbonyl (C=O) groups is 1. The zero-order valence-electron chi connectivity index (χ0n) is 9.33. The molecule has 0 aromatic rings. The van der Waals surface area contributed by atoms with Gasteiger partial charge in [0.1, 0.15) is 0 Å². The normalized spacial score (nSPS) is 11.4. The maximum Gasteiger partial charge on any atom is 0.320 e. The topological polar surface area (TPSA) is 29.5 Å². The molecule has 0 aliphatic heterocycles. The molecule has 3 heteroatoms. The van der Waals surface area contributed by atoms with Crippen LogP contribution in [0.5, 0.6) is 0 Å². The van der Waals surface area contributed by atoms with E-state index in [-0.39, 0.29) is 12.1 Å². The molecule has 0 rings (SSSR count). The van der Waals surface area contributed by atoms with E-state index in [1.54, 1.807) is 0 Å². The number of rotatable bonds is 5. The number of hydrogen-bond donors (Lipinski definition) is 0. The van der Waals surface area contributed by atoms with Gasteiger partial charge in [0.25, 0.3) is 0 Å². The molecule has 0 aromatic carbocycles. The van der Waals surface area contributed by atoms with Crippen LogP contribution >= 0.6 is 0 Å². The van der Waals surface area contributed by atoms with Crippen LogP contribution in [0.15, 0.2) is 0 Å². The summed E-state index contributed by atoms with van der Waals surface area (Å²) in [5.41, 5.74) is 0. The molecular weight excluding hydrogens is 166 g/mol. The van der Waals surface area contributed by atoms with Crippen molar-refractivity contribution in [3.8, 4) is 0 Å². The van der Waals surface area contributed by atoms with Gasteiger partial charge in [0.05, 0.1) is 12.6 Å². The number of likely N-dealkylation sites (N-methyl/N-ethyl adjacent to an activating group) is 1. The number of ether oxygens (including phenoxy) is 1. The fourth-order valence-corrected chi connectivity index (χ4v) is 1.21. The van der Waals surface area contributed by atoms with E-state index in [1.807, 2.05) is 25.8 Å². The molecule has 78 valence electrons. The molecule has 3 nitrogen and oxygen atoms in total. The van der Waals surface area contributed by atoms with Gasteiger partial charge in [-0.2, -0.15) is 0 Å². The number of nitrogens with zero attached hydrogens (tertiary/aromatic N) is 1. The third kappa shape index (κ3) is 7.78. The van der Waals surface area contributed by atoms with Crippen LogP contribution in [0.4, 0.5) is 0 Å². The van der Waals surface area contributed by atoms with Gasteiger partial charge >= 0.3 is 5.97 Å². The average Bonchev–Trinajstić information content (AvgIpc) is 1.80. The Morgan fingerprint density at radius 1 is 1.31 bits per heavy atom. The first kappa shape index (κ1) is 12.4. The van der Waals surface area contributed by atoms with E-state index in [0.29, 0.717) is 12.5 Å². The zero-order valence-corrected chi connectivity index (χ0v) is 9.33. The van der Waals surface area contributed by atoms with Crippen molar-refractivity contribution in [3.63, 3.8) is 0 Å². The predicted molar refractivity (Wildman–Crippen MR) is 53.6 cm³/mol. The molecule has 0 aliphatic rings. The summed E-state index contributed by atoms with van der Waals surface area (Å²) in [5.74, 6) is 0.440. The van der Waals surface area contributed by atoms with Crippen molar-refractivity contribution in [2.24, 2.45) is 5.92 Å². The second-order valence-electron chi connectivity index (χ2n) is 4.13. The van der Waals surface area contributed by atoms with Crippen LogP contribution in [0.2, 0.25) is 0 Å². The lowest BCUT2D eigenvalue weighted by Gasteiger charge is -2.18. The quantitative estimate of drug-likeness (QED) is 0.611. The summed E-state index contributed by atoms with van der Waals surface area (Å²) >= 11 is 0. The molecule has 0 unspecified atom stereocenters. The predicted octanol–water partition coefficient (Wildman–Crippen LogP) is 1.53. The zero-order chi connectivity index (χ0) is 10.4. The Kier molecular flexibility index (Phi) is 5.71. The lowest BCUT2D eigenvalue weighted by atomic mass is 10.2. The molecule has 0 heterocycles. The Balaban J connectivity index is 3.65. The summed E-state index contributed by atoms with van der Waals surface area (Å²) in [6, 6.07) is 0. The highest BCUT2D eigenvalue weighted by atomic mass is 16.5. The maximum absolute atomic E-state index is 11.2. The van der Waals surface area contributed by atoms with E-state index < -0.39 is 0 Å². The second-order valence-corrected chi connectivity index (χ2v) is 4.13. The second kappa shape index (κ2) is 5.97. The van der Waals surface area contributed by atoms with Gasteiger partial charge in [0.15, 0.2) is 0 Å². The van der Waals surface area contributed by atoms with E-state index in [9.17, 15) is 4.79 Å². The van der Waals surface area contributed by atoms with Crippen LogP contribution in [0.1, 0.15) is 27.7 Å². The molecule has 0 atom stereocenters. The van der Waals surface area contributed by atoms with Crippen molar-refractivity contribution >= 4 is 5.97 Å². The molecule has 0 spiro atoms.